The van der Waals surface area contributed by atoms with E-state index in [4.69, 9.17) is 0 Å². The van der Waals surface area contributed by atoms with Crippen LogP contribution in [-0.2, 0) is 0 Å². The molecule has 5 heteroatoms. The summed E-state index contributed by atoms with van der Waals surface area (Å²) >= 11 is 1.92. The average Bonchev–Trinajstić information content (AvgIpc) is 2.50. The van der Waals surface area contributed by atoms with Crippen molar-refractivity contribution in [1.29, 1.82) is 0 Å². The number of thioether (sulfide) groups is 1. The van der Waals surface area contributed by atoms with Gasteiger partial charge in [-0.15, -0.1) is 0 Å². The summed E-state index contributed by atoms with van der Waals surface area (Å²) in [4.78, 5) is 6.96. The number of hydrogen-bond donors (Lipinski definition) is 2. The molecule has 0 bridgehead atoms. The zero-order chi connectivity index (χ0) is 16.2. The fourth-order valence-corrected chi connectivity index (χ4v) is 3.53. The number of unbranched alkanes of at least 4 members (excludes halogenated alkanes) is 1. The number of likely N-dealkylation sites (tertiary alicyclic amines) is 1. The molecule has 0 aromatic carbocycles. The number of piperidine rings is 1. The molecule has 1 fully saturated rings. The van der Waals surface area contributed by atoms with Gasteiger partial charge >= 0.3 is 0 Å². The number of guanidine groups is 1. The molecule has 0 spiro atoms. The average molecular weight is 329 g/mol. The molecule has 0 amide bonds. The van der Waals surface area contributed by atoms with E-state index in [-0.39, 0.29) is 0 Å². The predicted molar refractivity (Wildman–Crippen MR) is 101 cm³/mol. The summed E-state index contributed by atoms with van der Waals surface area (Å²) in [5, 5.41) is 6.94. The Morgan fingerprint density at radius 2 is 2.14 bits per heavy atom. The quantitative estimate of drug-likeness (QED) is 0.388. The van der Waals surface area contributed by atoms with Crippen molar-refractivity contribution < 1.29 is 0 Å². The first kappa shape index (κ1) is 19.6. The van der Waals surface area contributed by atoms with E-state index in [1.807, 2.05) is 18.8 Å². The molecule has 1 unspecified atom stereocenters. The third-order valence-corrected chi connectivity index (χ3v) is 4.77. The molecule has 1 heterocycles. The third-order valence-electron chi connectivity index (χ3n) is 4.08. The molecule has 1 aliphatic heterocycles. The molecule has 0 radical (unpaired) electrons. The van der Waals surface area contributed by atoms with Crippen LogP contribution in [0.25, 0.3) is 0 Å². The molecular weight excluding hydrogens is 292 g/mol. The van der Waals surface area contributed by atoms with Gasteiger partial charge in [-0.25, -0.2) is 0 Å². The molecule has 1 aliphatic rings. The molecule has 0 aromatic heterocycles. The van der Waals surface area contributed by atoms with Crippen molar-refractivity contribution in [2.75, 3.05) is 51.8 Å². The number of hydrogen-bond acceptors (Lipinski definition) is 3. The molecular formula is C17H36N4S. The van der Waals surface area contributed by atoms with Gasteiger partial charge in [-0.05, 0) is 56.1 Å². The summed E-state index contributed by atoms with van der Waals surface area (Å²) in [5.41, 5.74) is 0. The van der Waals surface area contributed by atoms with Crippen molar-refractivity contribution in [1.82, 2.24) is 15.5 Å². The van der Waals surface area contributed by atoms with Crippen molar-refractivity contribution in [3.05, 3.63) is 0 Å². The van der Waals surface area contributed by atoms with Crippen molar-refractivity contribution in [2.24, 2.45) is 16.8 Å². The Morgan fingerprint density at radius 1 is 1.32 bits per heavy atom. The molecule has 0 aromatic rings. The molecule has 1 rings (SSSR count). The van der Waals surface area contributed by atoms with E-state index in [0.717, 1.165) is 30.9 Å². The van der Waals surface area contributed by atoms with Gasteiger partial charge in [0.1, 0.15) is 0 Å². The maximum absolute atomic E-state index is 4.33. The van der Waals surface area contributed by atoms with Crippen LogP contribution >= 0.6 is 11.8 Å². The van der Waals surface area contributed by atoms with E-state index < -0.39 is 0 Å². The summed E-state index contributed by atoms with van der Waals surface area (Å²) in [6.45, 7) is 10.4. The van der Waals surface area contributed by atoms with E-state index in [9.17, 15) is 0 Å². The van der Waals surface area contributed by atoms with Crippen molar-refractivity contribution in [3.8, 4) is 0 Å². The highest BCUT2D eigenvalue weighted by molar-refractivity contribution is 7.98. The van der Waals surface area contributed by atoms with Gasteiger partial charge in [0.2, 0.25) is 0 Å². The minimum atomic E-state index is 0.752. The van der Waals surface area contributed by atoms with Gasteiger partial charge < -0.3 is 15.5 Å². The maximum atomic E-state index is 4.33. The fraction of sp³-hybridized carbons (Fsp3) is 0.941. The molecule has 1 atom stereocenters. The zero-order valence-electron chi connectivity index (χ0n) is 15.0. The first-order valence-corrected chi connectivity index (χ1v) is 10.2. The Labute approximate surface area is 141 Å². The summed E-state index contributed by atoms with van der Waals surface area (Å²) in [6, 6.07) is 0. The Hall–Kier alpha value is -0.420. The predicted octanol–water partition coefficient (Wildman–Crippen LogP) is 2.66. The minimum absolute atomic E-state index is 0.752. The van der Waals surface area contributed by atoms with Gasteiger partial charge in [-0.1, -0.05) is 13.8 Å². The smallest absolute Gasteiger partial charge is 0.190 e. The van der Waals surface area contributed by atoms with Crippen molar-refractivity contribution in [2.45, 2.75) is 39.5 Å². The minimum Gasteiger partial charge on any atom is -0.356 e. The van der Waals surface area contributed by atoms with Gasteiger partial charge in [-0.2, -0.15) is 11.8 Å². The van der Waals surface area contributed by atoms with E-state index in [0.29, 0.717) is 0 Å². The Bertz CT molecular complexity index is 307. The standard InChI is InChI=1S/C17H36N4S/c1-15(2)13-21-10-7-8-16(14-21)12-20-17(18-3)19-9-5-6-11-22-4/h15-16H,5-14H2,1-4H3,(H2,18,19,20). The van der Waals surface area contributed by atoms with E-state index in [1.165, 1.54) is 51.1 Å². The second-order valence-corrected chi connectivity index (χ2v) is 7.73. The lowest BCUT2D eigenvalue weighted by Crippen LogP contribution is -2.45. The molecule has 1 saturated heterocycles. The van der Waals surface area contributed by atoms with E-state index in [1.54, 1.807) is 0 Å². The molecule has 4 nitrogen and oxygen atoms in total. The maximum Gasteiger partial charge on any atom is 0.190 e. The highest BCUT2D eigenvalue weighted by Crippen LogP contribution is 2.16. The molecule has 0 saturated carbocycles. The second-order valence-electron chi connectivity index (χ2n) is 6.74. The van der Waals surface area contributed by atoms with Gasteiger partial charge in [0.05, 0.1) is 0 Å². The number of rotatable bonds is 9. The second kappa shape index (κ2) is 12.1. The third kappa shape index (κ3) is 8.89. The zero-order valence-corrected chi connectivity index (χ0v) is 15.8. The van der Waals surface area contributed by atoms with Crippen LogP contribution in [0.5, 0.6) is 0 Å². The van der Waals surface area contributed by atoms with Crippen LogP contribution in [0.1, 0.15) is 39.5 Å². The van der Waals surface area contributed by atoms with Crippen LogP contribution < -0.4 is 10.6 Å². The van der Waals surface area contributed by atoms with E-state index >= 15 is 0 Å². The molecule has 2 N–H and O–H groups in total. The van der Waals surface area contributed by atoms with Crippen LogP contribution in [0.4, 0.5) is 0 Å². The van der Waals surface area contributed by atoms with Gasteiger partial charge in [0, 0.05) is 33.2 Å². The molecule has 130 valence electrons. The van der Waals surface area contributed by atoms with Gasteiger partial charge in [0.15, 0.2) is 5.96 Å². The Morgan fingerprint density at radius 3 is 2.82 bits per heavy atom. The van der Waals surface area contributed by atoms with Crippen LogP contribution in [0.15, 0.2) is 4.99 Å². The lowest BCUT2D eigenvalue weighted by atomic mass is 9.97. The van der Waals surface area contributed by atoms with Crippen molar-refractivity contribution in [3.63, 3.8) is 0 Å². The fourth-order valence-electron chi connectivity index (χ4n) is 3.04. The summed E-state index contributed by atoms with van der Waals surface area (Å²) in [6.07, 6.45) is 7.33. The monoisotopic (exact) mass is 328 g/mol. The molecule has 22 heavy (non-hydrogen) atoms. The van der Waals surface area contributed by atoms with E-state index in [2.05, 4.69) is 40.6 Å². The van der Waals surface area contributed by atoms with Crippen molar-refractivity contribution >= 4 is 17.7 Å². The van der Waals surface area contributed by atoms with Gasteiger partial charge in [0.25, 0.3) is 0 Å². The lowest BCUT2D eigenvalue weighted by molar-refractivity contribution is 0.159. The summed E-state index contributed by atoms with van der Waals surface area (Å²) < 4.78 is 0. The summed E-state index contributed by atoms with van der Waals surface area (Å²) in [5.74, 6) is 3.73. The largest absolute Gasteiger partial charge is 0.356 e. The van der Waals surface area contributed by atoms with Crippen LogP contribution in [-0.4, -0.2) is 62.6 Å². The number of nitrogens with zero attached hydrogens (tertiary/aromatic N) is 2. The SMILES string of the molecule is CN=C(NCCCCSC)NCC1CCCN(CC(C)C)C1. The number of nitrogens with one attached hydrogen (secondary N) is 2. The van der Waals surface area contributed by atoms with Crippen LogP contribution in [0, 0.1) is 11.8 Å². The first-order chi connectivity index (χ1) is 10.7. The highest BCUT2D eigenvalue weighted by Gasteiger charge is 2.20. The Kier molecular flexibility index (Phi) is 10.8. The van der Waals surface area contributed by atoms with Crippen LogP contribution in [0.3, 0.4) is 0 Å². The topological polar surface area (TPSA) is 39.7 Å². The summed E-state index contributed by atoms with van der Waals surface area (Å²) in [7, 11) is 1.86. The van der Waals surface area contributed by atoms with Crippen LogP contribution in [0.2, 0.25) is 0 Å². The normalized spacial score (nSPS) is 20.4. The highest BCUT2D eigenvalue weighted by atomic mass is 32.2. The first-order valence-electron chi connectivity index (χ1n) is 8.81. The Balaban J connectivity index is 2.19. The number of aliphatic imine (C=N–C) groups is 1. The molecule has 0 aliphatic carbocycles. The van der Waals surface area contributed by atoms with Gasteiger partial charge in [-0.3, -0.25) is 4.99 Å². The lowest BCUT2D eigenvalue weighted by Gasteiger charge is -2.34.